The molecule has 1 heterocycles. The van der Waals surface area contributed by atoms with Crippen LogP contribution in [0, 0.1) is 5.82 Å². The van der Waals surface area contributed by atoms with Crippen molar-refractivity contribution in [2.75, 3.05) is 17.3 Å². The topological polar surface area (TPSA) is 63.2 Å². The highest BCUT2D eigenvalue weighted by molar-refractivity contribution is 7.99. The fourth-order valence-electron chi connectivity index (χ4n) is 2.02. The average molecular weight is 317 g/mol. The zero-order valence-electron chi connectivity index (χ0n) is 10.8. The summed E-state index contributed by atoms with van der Waals surface area (Å²) in [6, 6.07) is 6.14. The zero-order chi connectivity index (χ0) is 14.6. The molecule has 0 unspecified atom stereocenters. The number of halogens is 1. The average Bonchev–Trinajstić information content (AvgIpc) is 2.71. The molecule has 2 rings (SSSR count). The van der Waals surface area contributed by atoms with Crippen molar-refractivity contribution in [3.05, 3.63) is 30.1 Å². The van der Waals surface area contributed by atoms with Gasteiger partial charge in [0.05, 0.1) is 11.5 Å². The molecule has 0 bridgehead atoms. The van der Waals surface area contributed by atoms with Gasteiger partial charge in [-0.05, 0) is 18.6 Å². The highest BCUT2D eigenvalue weighted by Gasteiger charge is 2.28. The SMILES string of the molecule is O=C(CCSc1ccccc1F)N[C@H]1CCS(=O)(=O)C1. The molecule has 1 fully saturated rings. The fourth-order valence-corrected chi connectivity index (χ4v) is 4.59. The van der Waals surface area contributed by atoms with Gasteiger partial charge in [-0.15, -0.1) is 11.8 Å². The molecule has 4 nitrogen and oxygen atoms in total. The molecule has 1 atom stereocenters. The Morgan fingerprint density at radius 1 is 1.40 bits per heavy atom. The van der Waals surface area contributed by atoms with E-state index in [9.17, 15) is 17.6 Å². The van der Waals surface area contributed by atoms with Gasteiger partial charge in [-0.2, -0.15) is 0 Å². The summed E-state index contributed by atoms with van der Waals surface area (Å²) in [4.78, 5) is 12.2. The van der Waals surface area contributed by atoms with Gasteiger partial charge >= 0.3 is 0 Å². The lowest BCUT2D eigenvalue weighted by atomic mass is 10.2. The highest BCUT2D eigenvalue weighted by atomic mass is 32.2. The lowest BCUT2D eigenvalue weighted by Gasteiger charge is -2.10. The Balaban J connectivity index is 1.72. The van der Waals surface area contributed by atoms with Crippen molar-refractivity contribution in [2.24, 2.45) is 0 Å². The van der Waals surface area contributed by atoms with Crippen molar-refractivity contribution in [2.45, 2.75) is 23.8 Å². The second kappa shape index (κ2) is 6.58. The summed E-state index contributed by atoms with van der Waals surface area (Å²) in [6.07, 6.45) is 0.726. The highest BCUT2D eigenvalue weighted by Crippen LogP contribution is 2.21. The fraction of sp³-hybridized carbons (Fsp3) is 0.462. The molecule has 0 saturated carbocycles. The Morgan fingerprint density at radius 2 is 2.15 bits per heavy atom. The van der Waals surface area contributed by atoms with E-state index in [0.29, 0.717) is 17.1 Å². The molecular weight excluding hydrogens is 301 g/mol. The zero-order valence-corrected chi connectivity index (χ0v) is 12.5. The standard InChI is InChI=1S/C13H16FNO3S2/c14-11-3-1-2-4-12(11)19-7-5-13(16)15-10-6-8-20(17,18)9-10/h1-4,10H,5-9H2,(H,15,16)/t10-/m0/s1. The summed E-state index contributed by atoms with van der Waals surface area (Å²) in [5, 5.41) is 2.71. The van der Waals surface area contributed by atoms with E-state index in [0.717, 1.165) is 0 Å². The minimum atomic E-state index is -2.98. The van der Waals surface area contributed by atoms with Crippen molar-refractivity contribution in [3.63, 3.8) is 0 Å². The lowest BCUT2D eigenvalue weighted by molar-refractivity contribution is -0.121. The second-order valence-corrected chi connectivity index (χ2v) is 8.06. The Hall–Kier alpha value is -1.08. The Bertz CT molecular complexity index is 589. The van der Waals surface area contributed by atoms with Gasteiger partial charge in [-0.25, -0.2) is 12.8 Å². The summed E-state index contributed by atoms with van der Waals surface area (Å²) in [7, 11) is -2.98. The second-order valence-electron chi connectivity index (χ2n) is 4.70. The quantitative estimate of drug-likeness (QED) is 0.838. The van der Waals surface area contributed by atoms with Crippen molar-refractivity contribution in [1.29, 1.82) is 0 Å². The molecule has 1 N–H and O–H groups in total. The van der Waals surface area contributed by atoms with E-state index in [2.05, 4.69) is 5.32 Å². The van der Waals surface area contributed by atoms with Crippen LogP contribution in [-0.2, 0) is 14.6 Å². The number of carbonyl (C=O) groups excluding carboxylic acids is 1. The third-order valence-corrected chi connectivity index (χ3v) is 5.84. The van der Waals surface area contributed by atoms with Crippen LogP contribution in [0.25, 0.3) is 0 Å². The number of thioether (sulfide) groups is 1. The smallest absolute Gasteiger partial charge is 0.221 e. The Labute approximate surface area is 122 Å². The van der Waals surface area contributed by atoms with Crippen molar-refractivity contribution < 1.29 is 17.6 Å². The third-order valence-electron chi connectivity index (χ3n) is 3.02. The maximum absolute atomic E-state index is 13.3. The minimum Gasteiger partial charge on any atom is -0.352 e. The number of hydrogen-bond donors (Lipinski definition) is 1. The number of hydrogen-bond acceptors (Lipinski definition) is 4. The van der Waals surface area contributed by atoms with Crippen LogP contribution in [0.2, 0.25) is 0 Å². The summed E-state index contributed by atoms with van der Waals surface area (Å²) in [6.45, 7) is 0. The van der Waals surface area contributed by atoms with Gasteiger partial charge in [0, 0.05) is 23.1 Å². The first-order chi connectivity index (χ1) is 9.46. The number of sulfone groups is 1. The van der Waals surface area contributed by atoms with Crippen LogP contribution in [0.4, 0.5) is 4.39 Å². The van der Waals surface area contributed by atoms with Gasteiger partial charge < -0.3 is 5.32 Å². The van der Waals surface area contributed by atoms with Crippen LogP contribution in [-0.4, -0.2) is 37.6 Å². The first-order valence-electron chi connectivity index (χ1n) is 6.33. The Morgan fingerprint density at radius 3 is 2.80 bits per heavy atom. The lowest BCUT2D eigenvalue weighted by Crippen LogP contribution is -2.35. The first kappa shape index (κ1) is 15.3. The van der Waals surface area contributed by atoms with Crippen LogP contribution < -0.4 is 5.32 Å². The van der Waals surface area contributed by atoms with E-state index < -0.39 is 9.84 Å². The van der Waals surface area contributed by atoms with E-state index in [1.807, 2.05) is 0 Å². The molecule has 0 spiro atoms. The maximum Gasteiger partial charge on any atom is 0.221 e. The van der Waals surface area contributed by atoms with Gasteiger partial charge in [0.15, 0.2) is 9.84 Å². The third kappa shape index (κ3) is 4.49. The minimum absolute atomic E-state index is 0.0270. The molecule has 1 aromatic carbocycles. The van der Waals surface area contributed by atoms with Crippen molar-refractivity contribution in [3.8, 4) is 0 Å². The normalized spacial score (nSPS) is 20.8. The predicted molar refractivity (Wildman–Crippen MR) is 76.9 cm³/mol. The van der Waals surface area contributed by atoms with Crippen LogP contribution >= 0.6 is 11.8 Å². The van der Waals surface area contributed by atoms with E-state index in [-0.39, 0.29) is 35.7 Å². The summed E-state index contributed by atoms with van der Waals surface area (Å²) in [5.41, 5.74) is 0. The molecule has 0 radical (unpaired) electrons. The molecule has 1 amide bonds. The van der Waals surface area contributed by atoms with Crippen LogP contribution in [0.1, 0.15) is 12.8 Å². The molecule has 7 heteroatoms. The van der Waals surface area contributed by atoms with Crippen LogP contribution in [0.15, 0.2) is 29.2 Å². The number of nitrogens with one attached hydrogen (secondary N) is 1. The van der Waals surface area contributed by atoms with E-state index in [4.69, 9.17) is 0 Å². The number of carbonyl (C=O) groups is 1. The van der Waals surface area contributed by atoms with E-state index >= 15 is 0 Å². The molecule has 1 aromatic rings. The molecular formula is C13H16FNO3S2. The number of amides is 1. The predicted octanol–water partition coefficient (Wildman–Crippen LogP) is 1.61. The van der Waals surface area contributed by atoms with Gasteiger partial charge in [0.2, 0.25) is 5.91 Å². The molecule has 1 saturated heterocycles. The van der Waals surface area contributed by atoms with Crippen LogP contribution in [0.5, 0.6) is 0 Å². The largest absolute Gasteiger partial charge is 0.352 e. The van der Waals surface area contributed by atoms with Gasteiger partial charge in [-0.1, -0.05) is 12.1 Å². The van der Waals surface area contributed by atoms with E-state index in [1.54, 1.807) is 18.2 Å². The van der Waals surface area contributed by atoms with Gasteiger partial charge in [0.1, 0.15) is 5.82 Å². The Kier molecular flexibility index (Phi) is 5.04. The number of rotatable bonds is 5. The summed E-state index contributed by atoms with van der Waals surface area (Å²) < 4.78 is 35.9. The number of benzene rings is 1. The maximum atomic E-state index is 13.3. The van der Waals surface area contributed by atoms with Gasteiger partial charge in [0.25, 0.3) is 0 Å². The molecule has 0 aliphatic carbocycles. The monoisotopic (exact) mass is 317 g/mol. The van der Waals surface area contributed by atoms with Crippen molar-refractivity contribution in [1.82, 2.24) is 5.32 Å². The van der Waals surface area contributed by atoms with Crippen LogP contribution in [0.3, 0.4) is 0 Å². The summed E-state index contributed by atoms with van der Waals surface area (Å²) >= 11 is 1.28. The molecule has 0 aromatic heterocycles. The molecule has 20 heavy (non-hydrogen) atoms. The van der Waals surface area contributed by atoms with E-state index in [1.165, 1.54) is 17.8 Å². The molecule has 1 aliphatic rings. The first-order valence-corrected chi connectivity index (χ1v) is 9.14. The molecule has 1 aliphatic heterocycles. The van der Waals surface area contributed by atoms with Gasteiger partial charge in [-0.3, -0.25) is 4.79 Å². The van der Waals surface area contributed by atoms with Crippen molar-refractivity contribution >= 4 is 27.5 Å². The molecule has 110 valence electrons. The summed E-state index contributed by atoms with van der Waals surface area (Å²) in [5.74, 6) is 0.156.